The van der Waals surface area contributed by atoms with E-state index in [4.69, 9.17) is 9.84 Å². The van der Waals surface area contributed by atoms with Crippen molar-refractivity contribution in [2.75, 3.05) is 13.7 Å². The normalized spacial score (nSPS) is 12.1. The lowest BCUT2D eigenvalue weighted by Crippen LogP contribution is -2.25. The van der Waals surface area contributed by atoms with Crippen molar-refractivity contribution in [3.05, 3.63) is 29.8 Å². The first-order valence-corrected chi connectivity index (χ1v) is 4.72. The summed E-state index contributed by atoms with van der Waals surface area (Å²) in [7, 11) is 1.61. The molecule has 1 atom stereocenters. The van der Waals surface area contributed by atoms with Gasteiger partial charge >= 0.3 is 5.97 Å². The zero-order chi connectivity index (χ0) is 11.3. The minimum absolute atomic E-state index is 0.00352. The fourth-order valence-corrected chi connectivity index (χ4v) is 1.27. The Labute approximate surface area is 88.9 Å². The Bertz CT molecular complexity index is 338. The van der Waals surface area contributed by atoms with Gasteiger partial charge in [0.15, 0.2) is 0 Å². The fraction of sp³-hybridized carbons (Fsp3) is 0.364. The van der Waals surface area contributed by atoms with Crippen molar-refractivity contribution in [2.45, 2.75) is 13.0 Å². The SMILES string of the molecule is COc1cccc([C@H](C)NCC(=O)O)c1. The monoisotopic (exact) mass is 209 g/mol. The average molecular weight is 209 g/mol. The van der Waals surface area contributed by atoms with Gasteiger partial charge in [-0.3, -0.25) is 4.79 Å². The number of carboxylic acid groups (broad SMARTS) is 1. The summed E-state index contributed by atoms with van der Waals surface area (Å²) in [4.78, 5) is 10.4. The van der Waals surface area contributed by atoms with Crippen LogP contribution in [0.5, 0.6) is 5.75 Å². The lowest BCUT2D eigenvalue weighted by molar-refractivity contribution is -0.136. The summed E-state index contributed by atoms with van der Waals surface area (Å²) in [5, 5.41) is 11.4. The van der Waals surface area contributed by atoms with Gasteiger partial charge in [-0.1, -0.05) is 12.1 Å². The maximum atomic E-state index is 10.4. The Hall–Kier alpha value is -1.55. The van der Waals surface area contributed by atoms with Crippen LogP contribution in [0.3, 0.4) is 0 Å². The molecule has 4 heteroatoms. The van der Waals surface area contributed by atoms with E-state index in [1.807, 2.05) is 31.2 Å². The molecule has 1 rings (SSSR count). The number of carbonyl (C=O) groups is 1. The molecule has 0 unspecified atom stereocenters. The molecule has 0 aliphatic rings. The number of ether oxygens (including phenoxy) is 1. The highest BCUT2D eigenvalue weighted by atomic mass is 16.5. The summed E-state index contributed by atoms with van der Waals surface area (Å²) in [6.07, 6.45) is 0. The first-order chi connectivity index (χ1) is 7.13. The standard InChI is InChI=1S/C11H15NO3/c1-8(12-7-11(13)14)9-4-3-5-10(6-9)15-2/h3-6,8,12H,7H2,1-2H3,(H,13,14)/t8-/m0/s1. The second-order valence-corrected chi connectivity index (χ2v) is 3.27. The number of methoxy groups -OCH3 is 1. The molecular weight excluding hydrogens is 194 g/mol. The summed E-state index contributed by atoms with van der Waals surface area (Å²) < 4.78 is 5.09. The van der Waals surface area contributed by atoms with Gasteiger partial charge in [-0.2, -0.15) is 0 Å². The molecule has 0 heterocycles. The Morgan fingerprint density at radius 1 is 1.60 bits per heavy atom. The Morgan fingerprint density at radius 2 is 2.33 bits per heavy atom. The number of nitrogens with one attached hydrogen (secondary N) is 1. The highest BCUT2D eigenvalue weighted by Crippen LogP contribution is 2.18. The summed E-state index contributed by atoms with van der Waals surface area (Å²) in [5.74, 6) is -0.0822. The van der Waals surface area contributed by atoms with E-state index in [0.29, 0.717) is 0 Å². The Kier molecular flexibility index (Phi) is 4.12. The van der Waals surface area contributed by atoms with Crippen molar-refractivity contribution < 1.29 is 14.6 Å². The zero-order valence-corrected chi connectivity index (χ0v) is 8.86. The van der Waals surface area contributed by atoms with E-state index in [1.165, 1.54) is 0 Å². The van der Waals surface area contributed by atoms with Gasteiger partial charge in [-0.15, -0.1) is 0 Å². The molecule has 4 nitrogen and oxygen atoms in total. The number of carboxylic acids is 1. The second kappa shape index (κ2) is 5.36. The van der Waals surface area contributed by atoms with Crippen LogP contribution in [-0.4, -0.2) is 24.7 Å². The zero-order valence-electron chi connectivity index (χ0n) is 8.86. The molecule has 0 saturated carbocycles. The minimum atomic E-state index is -0.857. The maximum absolute atomic E-state index is 10.4. The smallest absolute Gasteiger partial charge is 0.317 e. The predicted molar refractivity (Wildman–Crippen MR) is 57.0 cm³/mol. The molecule has 0 spiro atoms. The van der Waals surface area contributed by atoms with Crippen LogP contribution >= 0.6 is 0 Å². The van der Waals surface area contributed by atoms with Gasteiger partial charge < -0.3 is 15.2 Å². The van der Waals surface area contributed by atoms with Gasteiger partial charge in [0, 0.05) is 6.04 Å². The highest BCUT2D eigenvalue weighted by Gasteiger charge is 2.07. The van der Waals surface area contributed by atoms with Gasteiger partial charge in [0.05, 0.1) is 13.7 Å². The Morgan fingerprint density at radius 3 is 2.93 bits per heavy atom. The van der Waals surface area contributed by atoms with Crippen molar-refractivity contribution in [1.29, 1.82) is 0 Å². The van der Waals surface area contributed by atoms with Crippen molar-refractivity contribution in [3.8, 4) is 5.75 Å². The van der Waals surface area contributed by atoms with Gasteiger partial charge in [-0.05, 0) is 24.6 Å². The molecule has 0 radical (unpaired) electrons. The van der Waals surface area contributed by atoms with Crippen molar-refractivity contribution >= 4 is 5.97 Å². The molecule has 0 fully saturated rings. The molecule has 0 aromatic heterocycles. The van der Waals surface area contributed by atoms with E-state index < -0.39 is 5.97 Å². The topological polar surface area (TPSA) is 58.6 Å². The molecule has 1 aromatic rings. The predicted octanol–water partition coefficient (Wildman–Crippen LogP) is 1.43. The van der Waals surface area contributed by atoms with Crippen LogP contribution in [0.2, 0.25) is 0 Å². The van der Waals surface area contributed by atoms with E-state index in [2.05, 4.69) is 5.32 Å². The van der Waals surface area contributed by atoms with Gasteiger partial charge in [0.1, 0.15) is 5.75 Å². The number of benzene rings is 1. The quantitative estimate of drug-likeness (QED) is 0.770. The highest BCUT2D eigenvalue weighted by molar-refractivity contribution is 5.69. The minimum Gasteiger partial charge on any atom is -0.497 e. The van der Waals surface area contributed by atoms with E-state index >= 15 is 0 Å². The molecule has 0 aliphatic carbocycles. The van der Waals surface area contributed by atoms with Gasteiger partial charge in [0.25, 0.3) is 0 Å². The summed E-state index contributed by atoms with van der Waals surface area (Å²) in [6, 6.07) is 7.55. The van der Waals surface area contributed by atoms with Crippen LogP contribution < -0.4 is 10.1 Å². The molecule has 1 aromatic carbocycles. The molecule has 0 aliphatic heterocycles. The van der Waals surface area contributed by atoms with Crippen LogP contribution in [0.25, 0.3) is 0 Å². The largest absolute Gasteiger partial charge is 0.497 e. The third kappa shape index (κ3) is 3.59. The molecule has 0 bridgehead atoms. The van der Waals surface area contributed by atoms with E-state index in [9.17, 15) is 4.79 Å². The molecule has 0 saturated heterocycles. The third-order valence-electron chi connectivity index (χ3n) is 2.15. The lowest BCUT2D eigenvalue weighted by Gasteiger charge is -2.13. The summed E-state index contributed by atoms with van der Waals surface area (Å²) in [5.41, 5.74) is 1.01. The van der Waals surface area contributed by atoms with Crippen LogP contribution in [0.15, 0.2) is 24.3 Å². The fourth-order valence-electron chi connectivity index (χ4n) is 1.27. The summed E-state index contributed by atoms with van der Waals surface area (Å²) in [6.45, 7) is 1.87. The number of hydrogen-bond donors (Lipinski definition) is 2. The van der Waals surface area contributed by atoms with Crippen LogP contribution in [-0.2, 0) is 4.79 Å². The number of aliphatic carboxylic acids is 1. The van der Waals surface area contributed by atoms with Gasteiger partial charge in [-0.25, -0.2) is 0 Å². The van der Waals surface area contributed by atoms with Crippen molar-refractivity contribution in [2.24, 2.45) is 0 Å². The van der Waals surface area contributed by atoms with Gasteiger partial charge in [0.2, 0.25) is 0 Å². The molecule has 0 amide bonds. The lowest BCUT2D eigenvalue weighted by atomic mass is 10.1. The molecule has 2 N–H and O–H groups in total. The Balaban J connectivity index is 2.64. The average Bonchev–Trinajstić information content (AvgIpc) is 2.26. The van der Waals surface area contributed by atoms with E-state index in [1.54, 1.807) is 7.11 Å². The number of rotatable bonds is 5. The maximum Gasteiger partial charge on any atom is 0.317 e. The van der Waals surface area contributed by atoms with Crippen molar-refractivity contribution in [1.82, 2.24) is 5.32 Å². The van der Waals surface area contributed by atoms with Crippen LogP contribution in [0, 0.1) is 0 Å². The third-order valence-corrected chi connectivity index (χ3v) is 2.15. The van der Waals surface area contributed by atoms with E-state index in [-0.39, 0.29) is 12.6 Å². The summed E-state index contributed by atoms with van der Waals surface area (Å²) >= 11 is 0. The van der Waals surface area contributed by atoms with Crippen LogP contribution in [0.4, 0.5) is 0 Å². The molecular formula is C11H15NO3. The molecule has 82 valence electrons. The first-order valence-electron chi connectivity index (χ1n) is 4.72. The van der Waals surface area contributed by atoms with E-state index in [0.717, 1.165) is 11.3 Å². The number of hydrogen-bond acceptors (Lipinski definition) is 3. The molecule has 15 heavy (non-hydrogen) atoms. The van der Waals surface area contributed by atoms with Crippen LogP contribution in [0.1, 0.15) is 18.5 Å². The first kappa shape index (κ1) is 11.5. The second-order valence-electron chi connectivity index (χ2n) is 3.27. The van der Waals surface area contributed by atoms with Crippen molar-refractivity contribution in [3.63, 3.8) is 0 Å².